The van der Waals surface area contributed by atoms with Crippen molar-refractivity contribution in [1.82, 2.24) is 44.3 Å². The molecule has 13 nitrogen and oxygen atoms in total. The van der Waals surface area contributed by atoms with E-state index in [0.717, 1.165) is 37.3 Å². The molecular weight excluding hydrogens is 534 g/mol. The largest absolute Gasteiger partial charge is 0.390 e. The van der Waals surface area contributed by atoms with Crippen molar-refractivity contribution in [2.75, 3.05) is 56.5 Å². The van der Waals surface area contributed by atoms with E-state index in [1.807, 2.05) is 24.3 Å². The molecule has 1 aromatic carbocycles. The number of aliphatic hydroxyl groups is 1. The van der Waals surface area contributed by atoms with E-state index in [1.54, 1.807) is 32.5 Å². The van der Waals surface area contributed by atoms with Crippen LogP contribution in [0.5, 0.6) is 0 Å². The lowest BCUT2D eigenvalue weighted by molar-refractivity contribution is 0.146. The maximum absolute atomic E-state index is 13.4. The fourth-order valence-corrected chi connectivity index (χ4v) is 5.73. The summed E-state index contributed by atoms with van der Waals surface area (Å²) in [5.74, 6) is 0.866. The van der Waals surface area contributed by atoms with E-state index in [0.29, 0.717) is 41.5 Å². The fourth-order valence-electron chi connectivity index (χ4n) is 5.73. The highest BCUT2D eigenvalue weighted by Crippen LogP contribution is 2.25. The molecule has 0 amide bonds. The minimum atomic E-state index is -0.568. The summed E-state index contributed by atoms with van der Waals surface area (Å²) in [6.07, 6.45) is 4.38. The second kappa shape index (κ2) is 10.7. The molecule has 0 saturated carbocycles. The zero-order chi connectivity index (χ0) is 28.8. The maximum atomic E-state index is 13.4. The Morgan fingerprint density at radius 2 is 1.86 bits per heavy atom. The highest BCUT2D eigenvalue weighted by atomic mass is 16.3. The zero-order valence-electron chi connectivity index (χ0n) is 23.4. The van der Waals surface area contributed by atoms with Gasteiger partial charge in [0.15, 0.2) is 17.1 Å². The van der Waals surface area contributed by atoms with E-state index < -0.39 is 6.10 Å². The van der Waals surface area contributed by atoms with Crippen molar-refractivity contribution < 1.29 is 5.11 Å². The highest BCUT2D eigenvalue weighted by molar-refractivity contribution is 5.79. The number of hydrogen-bond acceptors (Lipinski definition) is 10. The molecule has 7 rings (SSSR count). The number of aromatic nitrogens is 7. The summed E-state index contributed by atoms with van der Waals surface area (Å²) in [4.78, 5) is 32.3. The number of piperazine rings is 1. The van der Waals surface area contributed by atoms with Gasteiger partial charge in [0.05, 0.1) is 24.9 Å². The van der Waals surface area contributed by atoms with Gasteiger partial charge in [-0.15, -0.1) is 6.58 Å². The summed E-state index contributed by atoms with van der Waals surface area (Å²) >= 11 is 0. The molecule has 13 heteroatoms. The van der Waals surface area contributed by atoms with Crippen LogP contribution in [0.25, 0.3) is 27.9 Å². The molecule has 6 heterocycles. The number of anilines is 3. The first kappa shape index (κ1) is 26.3. The van der Waals surface area contributed by atoms with Gasteiger partial charge in [-0.1, -0.05) is 6.08 Å². The standard InChI is InChI=1S/C29H33N11O2/c1-3-10-38-28(42)22-16-31-29(33-20-5-7-21(8-6-20)37-13-11-36(2)12-14-37)35-27(22)40(38)25-9-4-19-15-32-39(26(19)34-25)23-17-30-18-24(23)41/h3-9,15-16,23-24,30,41H,1,10-14,17-18H2,2H3,(H,31,33,35). The Morgan fingerprint density at radius 1 is 1.05 bits per heavy atom. The molecule has 0 bridgehead atoms. The number of hydrogen-bond donors (Lipinski definition) is 3. The predicted octanol–water partition coefficient (Wildman–Crippen LogP) is 1.51. The zero-order valence-corrected chi connectivity index (χ0v) is 23.4. The minimum Gasteiger partial charge on any atom is -0.390 e. The molecule has 2 fully saturated rings. The molecule has 0 radical (unpaired) electrons. The van der Waals surface area contributed by atoms with Crippen molar-refractivity contribution in [3.8, 4) is 5.82 Å². The van der Waals surface area contributed by atoms with E-state index >= 15 is 0 Å². The second-order valence-corrected chi connectivity index (χ2v) is 10.8. The summed E-state index contributed by atoms with van der Waals surface area (Å²) in [6.45, 7) is 9.29. The summed E-state index contributed by atoms with van der Waals surface area (Å²) in [5, 5.41) is 22.7. The molecule has 3 N–H and O–H groups in total. The van der Waals surface area contributed by atoms with Gasteiger partial charge in [0.2, 0.25) is 5.95 Å². The molecule has 4 aromatic heterocycles. The first-order valence-electron chi connectivity index (χ1n) is 14.1. The number of rotatable bonds is 7. The molecule has 0 aliphatic carbocycles. The third kappa shape index (κ3) is 4.61. The number of pyridine rings is 1. The quantitative estimate of drug-likeness (QED) is 0.249. The lowest BCUT2D eigenvalue weighted by atomic mass is 10.2. The Morgan fingerprint density at radius 3 is 2.60 bits per heavy atom. The highest BCUT2D eigenvalue weighted by Gasteiger charge is 2.29. The van der Waals surface area contributed by atoms with Crippen molar-refractivity contribution >= 4 is 39.4 Å². The number of nitrogens with one attached hydrogen (secondary N) is 2. The molecule has 5 aromatic rings. The van der Waals surface area contributed by atoms with Crippen LogP contribution in [0, 0.1) is 0 Å². The predicted molar refractivity (Wildman–Crippen MR) is 162 cm³/mol. The van der Waals surface area contributed by atoms with Crippen LogP contribution in [0.3, 0.4) is 0 Å². The van der Waals surface area contributed by atoms with Crippen LogP contribution in [-0.2, 0) is 6.54 Å². The first-order valence-corrected chi connectivity index (χ1v) is 14.1. The van der Waals surface area contributed by atoms with Gasteiger partial charge in [-0.25, -0.2) is 24.0 Å². The Kier molecular flexibility index (Phi) is 6.69. The Balaban J connectivity index is 1.25. The first-order chi connectivity index (χ1) is 20.5. The number of likely N-dealkylation sites (N-methyl/N-ethyl adjacent to an activating group) is 1. The lowest BCUT2D eigenvalue weighted by Crippen LogP contribution is -2.44. The van der Waals surface area contributed by atoms with E-state index in [-0.39, 0.29) is 18.1 Å². The molecule has 0 spiro atoms. The summed E-state index contributed by atoms with van der Waals surface area (Å²) in [7, 11) is 2.15. The number of aliphatic hydroxyl groups excluding tert-OH is 1. The van der Waals surface area contributed by atoms with Crippen LogP contribution in [0.15, 0.2) is 66.2 Å². The molecule has 2 aliphatic rings. The van der Waals surface area contributed by atoms with Crippen molar-refractivity contribution in [2.45, 2.75) is 18.7 Å². The number of nitrogens with zero attached hydrogens (tertiary/aromatic N) is 9. The normalized spacial score (nSPS) is 19.6. The van der Waals surface area contributed by atoms with Gasteiger partial charge in [-0.2, -0.15) is 10.1 Å². The van der Waals surface area contributed by atoms with Crippen molar-refractivity contribution in [3.05, 3.63) is 71.8 Å². The molecule has 2 aliphatic heterocycles. The second-order valence-electron chi connectivity index (χ2n) is 10.8. The summed E-state index contributed by atoms with van der Waals surface area (Å²) in [6, 6.07) is 11.7. The van der Waals surface area contributed by atoms with Gasteiger partial charge in [0.1, 0.15) is 5.39 Å². The Bertz CT molecular complexity index is 1820. The van der Waals surface area contributed by atoms with E-state index in [2.05, 4.69) is 56.3 Å². The lowest BCUT2D eigenvalue weighted by Gasteiger charge is -2.34. The van der Waals surface area contributed by atoms with Gasteiger partial charge in [-0.3, -0.25) is 4.79 Å². The SMILES string of the molecule is C=CCn1c(=O)c2cnc(Nc3ccc(N4CCN(C)CC4)cc3)nc2n1-c1ccc2cnn(C3CNCC3O)c2n1. The summed E-state index contributed by atoms with van der Waals surface area (Å²) in [5.41, 5.74) is 2.83. The Labute approximate surface area is 241 Å². The summed E-state index contributed by atoms with van der Waals surface area (Å²) < 4.78 is 4.99. The topological polar surface area (TPSA) is 134 Å². The van der Waals surface area contributed by atoms with E-state index in [1.165, 1.54) is 5.69 Å². The van der Waals surface area contributed by atoms with Gasteiger partial charge in [0.25, 0.3) is 5.56 Å². The maximum Gasteiger partial charge on any atom is 0.278 e. The monoisotopic (exact) mass is 567 g/mol. The Hall–Kier alpha value is -4.59. The van der Waals surface area contributed by atoms with Crippen LogP contribution in [0.2, 0.25) is 0 Å². The molecule has 42 heavy (non-hydrogen) atoms. The smallest absolute Gasteiger partial charge is 0.278 e. The van der Waals surface area contributed by atoms with Crippen LogP contribution in [0.4, 0.5) is 17.3 Å². The average molecular weight is 568 g/mol. The van der Waals surface area contributed by atoms with Gasteiger partial charge in [-0.05, 0) is 43.4 Å². The number of fused-ring (bicyclic) bond motifs is 2. The number of allylic oxidation sites excluding steroid dienone is 1. The van der Waals surface area contributed by atoms with E-state index in [9.17, 15) is 9.90 Å². The van der Waals surface area contributed by atoms with Crippen LogP contribution in [0.1, 0.15) is 6.04 Å². The van der Waals surface area contributed by atoms with Gasteiger partial charge < -0.3 is 25.5 Å². The number of benzene rings is 1. The third-order valence-electron chi connectivity index (χ3n) is 8.08. The van der Waals surface area contributed by atoms with Gasteiger partial charge >= 0.3 is 0 Å². The third-order valence-corrected chi connectivity index (χ3v) is 8.08. The molecule has 2 saturated heterocycles. The van der Waals surface area contributed by atoms with Crippen molar-refractivity contribution in [2.24, 2.45) is 0 Å². The molecule has 2 atom stereocenters. The fraction of sp³-hybridized carbons (Fsp3) is 0.345. The van der Waals surface area contributed by atoms with Crippen LogP contribution < -0.4 is 21.1 Å². The minimum absolute atomic E-state index is 0.234. The molecular formula is C29H33N11O2. The molecule has 2 unspecified atom stereocenters. The van der Waals surface area contributed by atoms with Crippen LogP contribution >= 0.6 is 0 Å². The number of β-amino-alcohol motifs (C(OH)–C–C–N with tert-alkyl or cyclic N) is 1. The van der Waals surface area contributed by atoms with Crippen molar-refractivity contribution in [1.29, 1.82) is 0 Å². The van der Waals surface area contributed by atoms with Gasteiger partial charge in [0, 0.05) is 62.2 Å². The van der Waals surface area contributed by atoms with Crippen molar-refractivity contribution in [3.63, 3.8) is 0 Å². The van der Waals surface area contributed by atoms with E-state index in [4.69, 9.17) is 9.97 Å². The van der Waals surface area contributed by atoms with Crippen LogP contribution in [-0.4, -0.2) is 96.5 Å². The molecule has 216 valence electrons. The average Bonchev–Trinajstić information content (AvgIpc) is 3.69.